The third-order valence-corrected chi connectivity index (χ3v) is 6.49. The van der Waals surface area contributed by atoms with E-state index in [1.54, 1.807) is 6.07 Å². The van der Waals surface area contributed by atoms with Gasteiger partial charge in [-0.15, -0.1) is 0 Å². The Morgan fingerprint density at radius 2 is 1.86 bits per heavy atom. The van der Waals surface area contributed by atoms with Crippen molar-refractivity contribution in [2.24, 2.45) is 0 Å². The predicted molar refractivity (Wildman–Crippen MR) is 101 cm³/mol. The van der Waals surface area contributed by atoms with Crippen LogP contribution in [-0.4, -0.2) is 26.6 Å². The van der Waals surface area contributed by atoms with E-state index >= 15 is 0 Å². The summed E-state index contributed by atoms with van der Waals surface area (Å²) in [7, 11) is -3.45. The van der Waals surface area contributed by atoms with Gasteiger partial charge in [0.05, 0.1) is 27.7 Å². The van der Waals surface area contributed by atoms with E-state index in [9.17, 15) is 26.4 Å². The minimum Gasteiger partial charge on any atom is -0.321 e. The van der Waals surface area contributed by atoms with Crippen LogP contribution in [0.15, 0.2) is 42.5 Å². The van der Waals surface area contributed by atoms with Gasteiger partial charge in [0.2, 0.25) is 10.0 Å². The van der Waals surface area contributed by atoms with Gasteiger partial charge in [-0.3, -0.25) is 9.10 Å². The van der Waals surface area contributed by atoms with E-state index < -0.39 is 27.7 Å². The fourth-order valence-electron chi connectivity index (χ4n) is 2.87. The third-order valence-electron chi connectivity index (χ3n) is 4.29. The first kappa shape index (κ1) is 20.5. The number of hydrogen-bond donors (Lipinski definition) is 1. The number of halogens is 4. The Balaban J connectivity index is 1.86. The molecule has 2 aromatic rings. The number of nitrogens with one attached hydrogen (secondary N) is 1. The number of carbonyl (C=O) groups is 1. The summed E-state index contributed by atoms with van der Waals surface area (Å²) in [5.41, 5.74) is -0.688. The first-order valence-corrected chi connectivity index (χ1v) is 10.4. The lowest BCUT2D eigenvalue weighted by Gasteiger charge is -2.28. The second kappa shape index (κ2) is 7.63. The SMILES string of the molecule is O=C(Nc1cc(C(F)(F)F)ccc1Cl)c1cccc(N2CCCCS2(=O)=O)c1. The average molecular weight is 433 g/mol. The number of anilines is 2. The van der Waals surface area contributed by atoms with Gasteiger partial charge in [-0.2, -0.15) is 13.2 Å². The van der Waals surface area contributed by atoms with E-state index in [1.807, 2.05) is 0 Å². The van der Waals surface area contributed by atoms with Crippen molar-refractivity contribution in [3.63, 3.8) is 0 Å². The fourth-order valence-corrected chi connectivity index (χ4v) is 4.67. The van der Waals surface area contributed by atoms with Crippen LogP contribution in [0.25, 0.3) is 0 Å². The van der Waals surface area contributed by atoms with Crippen LogP contribution in [-0.2, 0) is 16.2 Å². The minimum absolute atomic E-state index is 0.0310. The van der Waals surface area contributed by atoms with E-state index in [0.29, 0.717) is 25.1 Å². The van der Waals surface area contributed by atoms with Crippen LogP contribution in [0.5, 0.6) is 0 Å². The van der Waals surface area contributed by atoms with Crippen molar-refractivity contribution in [1.29, 1.82) is 0 Å². The van der Waals surface area contributed by atoms with Gasteiger partial charge in [-0.25, -0.2) is 8.42 Å². The number of nitrogens with zero attached hydrogens (tertiary/aromatic N) is 1. The normalized spacial score (nSPS) is 16.6. The van der Waals surface area contributed by atoms with Crippen LogP contribution in [0.2, 0.25) is 5.02 Å². The molecule has 1 aliphatic rings. The van der Waals surface area contributed by atoms with Crippen LogP contribution >= 0.6 is 11.6 Å². The van der Waals surface area contributed by atoms with Crippen molar-refractivity contribution in [3.05, 3.63) is 58.6 Å². The van der Waals surface area contributed by atoms with Crippen molar-refractivity contribution >= 4 is 38.9 Å². The number of sulfonamides is 1. The van der Waals surface area contributed by atoms with Gasteiger partial charge in [0.15, 0.2) is 0 Å². The van der Waals surface area contributed by atoms with E-state index in [2.05, 4.69) is 5.32 Å². The first-order valence-electron chi connectivity index (χ1n) is 8.36. The van der Waals surface area contributed by atoms with Gasteiger partial charge >= 0.3 is 6.18 Å². The maximum Gasteiger partial charge on any atom is 0.416 e. The largest absolute Gasteiger partial charge is 0.416 e. The molecule has 0 radical (unpaired) electrons. The molecule has 1 N–H and O–H groups in total. The van der Waals surface area contributed by atoms with Crippen molar-refractivity contribution in [3.8, 4) is 0 Å². The lowest BCUT2D eigenvalue weighted by atomic mass is 10.1. The van der Waals surface area contributed by atoms with Gasteiger partial charge < -0.3 is 5.32 Å². The summed E-state index contributed by atoms with van der Waals surface area (Å²) < 4.78 is 64.3. The number of alkyl halides is 3. The van der Waals surface area contributed by atoms with Gasteiger partial charge in [-0.1, -0.05) is 17.7 Å². The Labute approximate surface area is 165 Å². The summed E-state index contributed by atoms with van der Waals surface area (Å²) in [6, 6.07) is 8.53. The summed E-state index contributed by atoms with van der Waals surface area (Å²) in [4.78, 5) is 12.5. The number of benzene rings is 2. The fraction of sp³-hybridized carbons (Fsp3) is 0.278. The van der Waals surface area contributed by atoms with E-state index in [-0.39, 0.29) is 22.0 Å². The van der Waals surface area contributed by atoms with Crippen LogP contribution in [0.4, 0.5) is 24.5 Å². The molecular formula is C18H16ClF3N2O3S. The molecule has 10 heteroatoms. The Kier molecular flexibility index (Phi) is 5.58. The lowest BCUT2D eigenvalue weighted by Crippen LogP contribution is -2.37. The highest BCUT2D eigenvalue weighted by molar-refractivity contribution is 7.92. The summed E-state index contributed by atoms with van der Waals surface area (Å²) in [5.74, 6) is -0.666. The molecule has 3 rings (SSSR count). The molecule has 1 amide bonds. The molecule has 0 unspecified atom stereocenters. The molecule has 1 heterocycles. The highest BCUT2D eigenvalue weighted by atomic mass is 35.5. The Morgan fingerprint density at radius 1 is 1.11 bits per heavy atom. The monoisotopic (exact) mass is 432 g/mol. The topological polar surface area (TPSA) is 66.5 Å². The summed E-state index contributed by atoms with van der Waals surface area (Å²) in [6.45, 7) is 0.312. The van der Waals surface area contributed by atoms with Crippen LogP contribution in [0.3, 0.4) is 0 Å². The lowest BCUT2D eigenvalue weighted by molar-refractivity contribution is -0.137. The summed E-state index contributed by atoms with van der Waals surface area (Å²) in [5, 5.41) is 2.31. The second-order valence-electron chi connectivity index (χ2n) is 6.29. The van der Waals surface area contributed by atoms with E-state index in [0.717, 1.165) is 18.2 Å². The average Bonchev–Trinajstić information content (AvgIpc) is 2.62. The first-order chi connectivity index (χ1) is 13.1. The quantitative estimate of drug-likeness (QED) is 0.774. The smallest absolute Gasteiger partial charge is 0.321 e. The number of rotatable bonds is 3. The van der Waals surface area contributed by atoms with E-state index in [4.69, 9.17) is 11.6 Å². The molecular weight excluding hydrogens is 417 g/mol. The summed E-state index contributed by atoms with van der Waals surface area (Å²) in [6.07, 6.45) is -3.30. The van der Waals surface area contributed by atoms with Crippen LogP contribution in [0, 0.1) is 0 Å². The zero-order valence-electron chi connectivity index (χ0n) is 14.5. The van der Waals surface area contributed by atoms with E-state index in [1.165, 1.54) is 22.5 Å². The molecule has 0 saturated carbocycles. The maximum absolute atomic E-state index is 12.9. The van der Waals surface area contributed by atoms with Gasteiger partial charge in [-0.05, 0) is 49.2 Å². The van der Waals surface area contributed by atoms with Crippen molar-refractivity contribution in [1.82, 2.24) is 0 Å². The standard InChI is InChI=1S/C18H16ClF3N2O3S/c19-15-7-6-13(18(20,21)22)11-16(15)23-17(25)12-4-3-5-14(10-12)24-8-1-2-9-28(24,26)27/h3-7,10-11H,1-2,8-9H2,(H,23,25). The molecule has 28 heavy (non-hydrogen) atoms. The molecule has 5 nitrogen and oxygen atoms in total. The van der Waals surface area contributed by atoms with Crippen molar-refractivity contribution in [2.75, 3.05) is 21.9 Å². The molecule has 0 aliphatic carbocycles. The molecule has 1 saturated heterocycles. The molecule has 0 spiro atoms. The minimum atomic E-state index is -4.58. The van der Waals surface area contributed by atoms with Gasteiger partial charge in [0, 0.05) is 12.1 Å². The molecule has 0 atom stereocenters. The molecule has 0 aromatic heterocycles. The van der Waals surface area contributed by atoms with Gasteiger partial charge in [0.1, 0.15) is 0 Å². The zero-order valence-corrected chi connectivity index (χ0v) is 16.0. The second-order valence-corrected chi connectivity index (χ2v) is 8.71. The Hall–Kier alpha value is -2.26. The third kappa shape index (κ3) is 4.41. The number of hydrogen-bond acceptors (Lipinski definition) is 3. The molecule has 1 fully saturated rings. The summed E-state index contributed by atoms with van der Waals surface area (Å²) >= 11 is 5.90. The zero-order chi connectivity index (χ0) is 20.5. The highest BCUT2D eigenvalue weighted by Crippen LogP contribution is 2.34. The van der Waals surface area contributed by atoms with Crippen LogP contribution in [0.1, 0.15) is 28.8 Å². The Morgan fingerprint density at radius 3 is 2.54 bits per heavy atom. The highest BCUT2D eigenvalue weighted by Gasteiger charge is 2.31. The molecule has 2 aromatic carbocycles. The molecule has 150 valence electrons. The predicted octanol–water partition coefficient (Wildman–Crippen LogP) is 4.54. The molecule has 0 bridgehead atoms. The number of amides is 1. The van der Waals surface area contributed by atoms with Crippen LogP contribution < -0.4 is 9.62 Å². The van der Waals surface area contributed by atoms with Gasteiger partial charge in [0.25, 0.3) is 5.91 Å². The van der Waals surface area contributed by atoms with Crippen molar-refractivity contribution in [2.45, 2.75) is 19.0 Å². The van der Waals surface area contributed by atoms with Crippen molar-refractivity contribution < 1.29 is 26.4 Å². The maximum atomic E-state index is 12.9. The Bertz CT molecular complexity index is 1010. The number of carbonyl (C=O) groups excluding carboxylic acids is 1. The molecule has 1 aliphatic heterocycles.